The molecule has 19 heavy (non-hydrogen) atoms. The maximum Gasteiger partial charge on any atom is 0.190 e. The van der Waals surface area contributed by atoms with E-state index in [1.54, 1.807) is 0 Å². The molecule has 3 nitrogen and oxygen atoms in total. The van der Waals surface area contributed by atoms with Gasteiger partial charge in [-0.15, -0.1) is 0 Å². The molecule has 2 heterocycles. The van der Waals surface area contributed by atoms with E-state index in [4.69, 9.17) is 11.6 Å². The van der Waals surface area contributed by atoms with Gasteiger partial charge in [0.25, 0.3) is 0 Å². The molecular formula is C14H22ClN3S. The Balaban J connectivity index is 2.07. The number of anilines is 1. The molecule has 2 rings (SSSR count). The number of thioether (sulfide) groups is 1. The van der Waals surface area contributed by atoms with Gasteiger partial charge in [-0.2, -0.15) is 0 Å². The molecule has 1 aromatic rings. The lowest BCUT2D eigenvalue weighted by molar-refractivity contribution is 0.198. The molecule has 0 amide bonds. The molecule has 0 bridgehead atoms. The molecule has 0 unspecified atom stereocenters. The average Bonchev–Trinajstić information content (AvgIpc) is 2.37. The zero-order valence-electron chi connectivity index (χ0n) is 12.1. The van der Waals surface area contributed by atoms with Crippen LogP contribution >= 0.6 is 23.4 Å². The van der Waals surface area contributed by atoms with Gasteiger partial charge in [0, 0.05) is 19.2 Å². The van der Waals surface area contributed by atoms with E-state index in [0.717, 1.165) is 30.0 Å². The van der Waals surface area contributed by atoms with Gasteiger partial charge in [0.1, 0.15) is 11.0 Å². The van der Waals surface area contributed by atoms with E-state index < -0.39 is 0 Å². The summed E-state index contributed by atoms with van der Waals surface area (Å²) in [6, 6.07) is 1.87. The topological polar surface area (TPSA) is 29.0 Å². The van der Waals surface area contributed by atoms with E-state index in [1.807, 2.05) is 12.3 Å². The number of aromatic nitrogens is 2. The summed E-state index contributed by atoms with van der Waals surface area (Å²) in [4.78, 5) is 11.1. The molecular weight excluding hydrogens is 278 g/mol. The van der Waals surface area contributed by atoms with Crippen LogP contribution < -0.4 is 4.90 Å². The summed E-state index contributed by atoms with van der Waals surface area (Å²) in [6.07, 6.45) is 4.42. The van der Waals surface area contributed by atoms with Gasteiger partial charge in [-0.3, -0.25) is 0 Å². The normalized spacial score (nSPS) is 17.8. The second-order valence-electron chi connectivity index (χ2n) is 6.16. The van der Waals surface area contributed by atoms with Crippen LogP contribution in [0.25, 0.3) is 0 Å². The van der Waals surface area contributed by atoms with Crippen molar-refractivity contribution in [3.63, 3.8) is 0 Å². The molecule has 1 aliphatic heterocycles. The van der Waals surface area contributed by atoms with Crippen LogP contribution in [0, 0.1) is 11.3 Å². The first kappa shape index (κ1) is 14.9. The van der Waals surface area contributed by atoms with Crippen LogP contribution in [0.1, 0.15) is 33.6 Å². The number of piperidine rings is 1. The van der Waals surface area contributed by atoms with Crippen LogP contribution in [-0.4, -0.2) is 29.3 Å². The number of halogens is 1. The molecule has 1 saturated heterocycles. The highest BCUT2D eigenvalue weighted by Crippen LogP contribution is 2.35. The van der Waals surface area contributed by atoms with E-state index in [1.165, 1.54) is 24.6 Å². The summed E-state index contributed by atoms with van der Waals surface area (Å²) in [5, 5.41) is 1.28. The third-order valence-electron chi connectivity index (χ3n) is 3.89. The predicted molar refractivity (Wildman–Crippen MR) is 83.2 cm³/mol. The minimum absolute atomic E-state index is 0.403. The van der Waals surface area contributed by atoms with E-state index >= 15 is 0 Å². The van der Waals surface area contributed by atoms with Gasteiger partial charge in [0.15, 0.2) is 5.16 Å². The Hall–Kier alpha value is -0.480. The highest BCUT2D eigenvalue weighted by Gasteiger charge is 2.29. The Bertz CT molecular complexity index is 437. The highest BCUT2D eigenvalue weighted by molar-refractivity contribution is 7.98. The maximum atomic E-state index is 6.06. The van der Waals surface area contributed by atoms with E-state index in [9.17, 15) is 0 Å². The lowest BCUT2D eigenvalue weighted by Gasteiger charge is -2.39. The second kappa shape index (κ2) is 5.88. The maximum absolute atomic E-state index is 6.06. The Morgan fingerprint density at radius 1 is 1.26 bits per heavy atom. The number of rotatable bonds is 2. The Labute approximate surface area is 125 Å². The van der Waals surface area contributed by atoms with Crippen LogP contribution in [0.2, 0.25) is 5.15 Å². The summed E-state index contributed by atoms with van der Waals surface area (Å²) in [7, 11) is 0. The Kier molecular flexibility index (Phi) is 4.62. The fourth-order valence-electron chi connectivity index (χ4n) is 2.61. The summed E-state index contributed by atoms with van der Waals surface area (Å²) in [6.45, 7) is 9.12. The van der Waals surface area contributed by atoms with Gasteiger partial charge in [-0.1, -0.05) is 44.1 Å². The van der Waals surface area contributed by atoms with Gasteiger partial charge >= 0.3 is 0 Å². The van der Waals surface area contributed by atoms with Gasteiger partial charge < -0.3 is 4.90 Å². The van der Waals surface area contributed by atoms with Crippen molar-refractivity contribution < 1.29 is 0 Å². The van der Waals surface area contributed by atoms with Gasteiger partial charge in [0.2, 0.25) is 0 Å². The number of hydrogen-bond acceptors (Lipinski definition) is 4. The third-order valence-corrected chi connectivity index (χ3v) is 4.63. The summed E-state index contributed by atoms with van der Waals surface area (Å²) in [5.74, 6) is 1.76. The first-order valence-corrected chi connectivity index (χ1v) is 8.34. The van der Waals surface area contributed by atoms with Crippen molar-refractivity contribution >= 4 is 29.2 Å². The first-order chi connectivity index (χ1) is 8.90. The van der Waals surface area contributed by atoms with Crippen LogP contribution in [0.4, 0.5) is 5.82 Å². The molecule has 106 valence electrons. The highest BCUT2D eigenvalue weighted by atomic mass is 35.5. The lowest BCUT2D eigenvalue weighted by Crippen LogP contribution is -2.38. The van der Waals surface area contributed by atoms with Crippen molar-refractivity contribution in [3.05, 3.63) is 11.2 Å². The molecule has 0 atom stereocenters. The van der Waals surface area contributed by atoms with Gasteiger partial charge in [-0.05, 0) is 30.4 Å². The van der Waals surface area contributed by atoms with E-state index in [0.29, 0.717) is 10.6 Å². The van der Waals surface area contributed by atoms with Crippen molar-refractivity contribution in [3.8, 4) is 0 Å². The van der Waals surface area contributed by atoms with E-state index in [-0.39, 0.29) is 0 Å². The summed E-state index contributed by atoms with van der Waals surface area (Å²) < 4.78 is 0. The SMILES string of the molecule is CSc1nc(Cl)cc(N2CCC(C(C)(C)C)CC2)n1. The minimum Gasteiger partial charge on any atom is -0.356 e. The van der Waals surface area contributed by atoms with E-state index in [2.05, 4.69) is 35.6 Å². The standard InChI is InChI=1S/C14H22ClN3S/c1-14(2,3)10-5-7-18(8-6-10)12-9-11(15)16-13(17-12)19-4/h9-10H,5-8H2,1-4H3. The van der Waals surface area contributed by atoms with Crippen molar-refractivity contribution in [1.29, 1.82) is 0 Å². The van der Waals surface area contributed by atoms with Crippen molar-refractivity contribution in [1.82, 2.24) is 9.97 Å². The van der Waals surface area contributed by atoms with Crippen molar-refractivity contribution in [2.24, 2.45) is 11.3 Å². The molecule has 1 aromatic heterocycles. The zero-order valence-corrected chi connectivity index (χ0v) is 13.7. The monoisotopic (exact) mass is 299 g/mol. The largest absolute Gasteiger partial charge is 0.356 e. The number of hydrogen-bond donors (Lipinski definition) is 0. The first-order valence-electron chi connectivity index (χ1n) is 6.73. The zero-order chi connectivity index (χ0) is 14.0. The van der Waals surface area contributed by atoms with Crippen LogP contribution in [0.5, 0.6) is 0 Å². The Morgan fingerprint density at radius 2 is 1.89 bits per heavy atom. The predicted octanol–water partition coefficient (Wildman–Crippen LogP) is 4.11. The fourth-order valence-corrected chi connectivity index (χ4v) is 3.22. The van der Waals surface area contributed by atoms with Gasteiger partial charge in [0.05, 0.1) is 0 Å². The Morgan fingerprint density at radius 3 is 2.42 bits per heavy atom. The smallest absolute Gasteiger partial charge is 0.190 e. The van der Waals surface area contributed by atoms with Crippen LogP contribution in [0.3, 0.4) is 0 Å². The third kappa shape index (κ3) is 3.76. The second-order valence-corrected chi connectivity index (χ2v) is 7.32. The number of nitrogens with zero attached hydrogens (tertiary/aromatic N) is 3. The molecule has 0 saturated carbocycles. The molecule has 1 aliphatic rings. The average molecular weight is 300 g/mol. The lowest BCUT2D eigenvalue weighted by atomic mass is 9.75. The molecule has 1 fully saturated rings. The fraction of sp³-hybridized carbons (Fsp3) is 0.714. The molecule has 0 aliphatic carbocycles. The quantitative estimate of drug-likeness (QED) is 0.467. The molecule has 0 spiro atoms. The molecule has 5 heteroatoms. The minimum atomic E-state index is 0.403. The van der Waals surface area contributed by atoms with Crippen LogP contribution in [-0.2, 0) is 0 Å². The van der Waals surface area contributed by atoms with Crippen molar-refractivity contribution in [2.45, 2.75) is 38.8 Å². The van der Waals surface area contributed by atoms with Crippen LogP contribution in [0.15, 0.2) is 11.2 Å². The molecule has 0 radical (unpaired) electrons. The summed E-state index contributed by atoms with van der Waals surface area (Å²) >= 11 is 7.59. The molecule has 0 N–H and O–H groups in total. The summed E-state index contributed by atoms with van der Waals surface area (Å²) in [5.41, 5.74) is 0.403. The van der Waals surface area contributed by atoms with Gasteiger partial charge in [-0.25, -0.2) is 9.97 Å². The molecule has 0 aromatic carbocycles. The van der Waals surface area contributed by atoms with Crippen molar-refractivity contribution in [2.75, 3.05) is 24.2 Å².